The zero-order valence-corrected chi connectivity index (χ0v) is 13.6. The van der Waals surface area contributed by atoms with Crippen molar-refractivity contribution in [3.8, 4) is 5.75 Å². The Morgan fingerprint density at radius 3 is 2.73 bits per heavy atom. The van der Waals surface area contributed by atoms with Gasteiger partial charge in [0.2, 0.25) is 5.91 Å². The SMILES string of the molecule is Cc1ccc(CC(=O)Nc2ccccc2OC2CCCC2)s1. The first-order valence-electron chi connectivity index (χ1n) is 7.81. The third kappa shape index (κ3) is 3.89. The number of thiophene rings is 1. The number of nitrogens with one attached hydrogen (secondary N) is 1. The van der Waals surface area contributed by atoms with Crippen molar-refractivity contribution in [3.05, 3.63) is 46.2 Å². The molecule has 1 aromatic carbocycles. The summed E-state index contributed by atoms with van der Waals surface area (Å²) in [5.41, 5.74) is 0.771. The highest BCUT2D eigenvalue weighted by atomic mass is 32.1. The Labute approximate surface area is 135 Å². The zero-order chi connectivity index (χ0) is 15.4. The predicted octanol–water partition coefficient (Wildman–Crippen LogP) is 4.56. The van der Waals surface area contributed by atoms with Crippen molar-refractivity contribution < 1.29 is 9.53 Å². The monoisotopic (exact) mass is 315 g/mol. The topological polar surface area (TPSA) is 38.3 Å². The van der Waals surface area contributed by atoms with Crippen LogP contribution in [0.2, 0.25) is 0 Å². The van der Waals surface area contributed by atoms with Crippen LogP contribution in [0.3, 0.4) is 0 Å². The third-order valence-electron chi connectivity index (χ3n) is 3.89. The van der Waals surface area contributed by atoms with Crippen LogP contribution in [-0.4, -0.2) is 12.0 Å². The smallest absolute Gasteiger partial charge is 0.229 e. The van der Waals surface area contributed by atoms with Crippen molar-refractivity contribution in [3.63, 3.8) is 0 Å². The minimum atomic E-state index is 0.00400. The van der Waals surface area contributed by atoms with Crippen LogP contribution in [0.5, 0.6) is 5.75 Å². The zero-order valence-electron chi connectivity index (χ0n) is 12.8. The van der Waals surface area contributed by atoms with Crippen LogP contribution in [0.15, 0.2) is 36.4 Å². The van der Waals surface area contributed by atoms with Gasteiger partial charge in [0.05, 0.1) is 18.2 Å². The van der Waals surface area contributed by atoms with E-state index in [0.717, 1.165) is 29.2 Å². The number of rotatable bonds is 5. The van der Waals surface area contributed by atoms with Gasteiger partial charge in [-0.3, -0.25) is 4.79 Å². The normalized spacial score (nSPS) is 15.0. The lowest BCUT2D eigenvalue weighted by Crippen LogP contribution is -2.17. The number of benzene rings is 1. The van der Waals surface area contributed by atoms with E-state index in [1.54, 1.807) is 11.3 Å². The van der Waals surface area contributed by atoms with E-state index < -0.39 is 0 Å². The average molecular weight is 315 g/mol. The largest absolute Gasteiger partial charge is 0.488 e. The van der Waals surface area contributed by atoms with Crippen molar-refractivity contribution >= 4 is 22.9 Å². The number of carbonyl (C=O) groups is 1. The molecule has 2 aromatic rings. The molecule has 3 rings (SSSR count). The Hall–Kier alpha value is -1.81. The van der Waals surface area contributed by atoms with E-state index in [-0.39, 0.29) is 12.0 Å². The van der Waals surface area contributed by atoms with Crippen molar-refractivity contribution in [1.29, 1.82) is 0 Å². The summed E-state index contributed by atoms with van der Waals surface area (Å²) in [6, 6.07) is 11.8. The number of carbonyl (C=O) groups excluding carboxylic acids is 1. The molecule has 0 atom stereocenters. The third-order valence-corrected chi connectivity index (χ3v) is 4.89. The van der Waals surface area contributed by atoms with Crippen LogP contribution in [0.4, 0.5) is 5.69 Å². The first kappa shape index (κ1) is 15.1. The summed E-state index contributed by atoms with van der Waals surface area (Å²) in [4.78, 5) is 14.5. The molecule has 1 aliphatic carbocycles. The number of ether oxygens (including phenoxy) is 1. The first-order chi connectivity index (χ1) is 10.7. The molecule has 0 spiro atoms. The molecule has 0 saturated heterocycles. The molecule has 4 heteroatoms. The molecule has 1 N–H and O–H groups in total. The lowest BCUT2D eigenvalue weighted by atomic mass is 10.2. The van der Waals surface area contributed by atoms with Gasteiger partial charge in [0.15, 0.2) is 0 Å². The van der Waals surface area contributed by atoms with E-state index in [4.69, 9.17) is 4.74 Å². The standard InChI is InChI=1S/C18H21NO2S/c1-13-10-11-15(22-13)12-18(20)19-16-8-4-5-9-17(16)21-14-6-2-3-7-14/h4-5,8-11,14H,2-3,6-7,12H2,1H3,(H,19,20). The highest BCUT2D eigenvalue weighted by molar-refractivity contribution is 7.12. The molecule has 1 amide bonds. The van der Waals surface area contributed by atoms with Gasteiger partial charge in [-0.15, -0.1) is 11.3 Å². The van der Waals surface area contributed by atoms with E-state index in [1.807, 2.05) is 36.4 Å². The molecule has 1 heterocycles. The number of anilines is 1. The van der Waals surface area contributed by atoms with Gasteiger partial charge < -0.3 is 10.1 Å². The molecule has 22 heavy (non-hydrogen) atoms. The lowest BCUT2D eigenvalue weighted by molar-refractivity contribution is -0.115. The van der Waals surface area contributed by atoms with Crippen LogP contribution in [0, 0.1) is 6.92 Å². The van der Waals surface area contributed by atoms with Crippen LogP contribution >= 0.6 is 11.3 Å². The van der Waals surface area contributed by atoms with Gasteiger partial charge in [-0.05, 0) is 56.9 Å². The highest BCUT2D eigenvalue weighted by Crippen LogP contribution is 2.30. The Morgan fingerprint density at radius 1 is 1.23 bits per heavy atom. The number of hydrogen-bond donors (Lipinski definition) is 1. The maximum Gasteiger partial charge on any atom is 0.229 e. The molecule has 0 aliphatic heterocycles. The highest BCUT2D eigenvalue weighted by Gasteiger charge is 2.18. The van der Waals surface area contributed by atoms with Gasteiger partial charge in [0, 0.05) is 9.75 Å². The lowest BCUT2D eigenvalue weighted by Gasteiger charge is -2.16. The fraction of sp³-hybridized carbons (Fsp3) is 0.389. The molecular weight excluding hydrogens is 294 g/mol. The summed E-state index contributed by atoms with van der Waals surface area (Å²) in [6.45, 7) is 2.05. The second-order valence-corrected chi connectivity index (χ2v) is 7.13. The van der Waals surface area contributed by atoms with E-state index in [9.17, 15) is 4.79 Å². The summed E-state index contributed by atoms with van der Waals surface area (Å²) in [6.07, 6.45) is 5.38. The van der Waals surface area contributed by atoms with Crippen molar-refractivity contribution in [1.82, 2.24) is 0 Å². The fourth-order valence-electron chi connectivity index (χ4n) is 2.79. The van der Waals surface area contributed by atoms with Crippen LogP contribution in [0.25, 0.3) is 0 Å². The number of amides is 1. The van der Waals surface area contributed by atoms with E-state index >= 15 is 0 Å². The van der Waals surface area contributed by atoms with Gasteiger partial charge in [0.25, 0.3) is 0 Å². The Bertz CT molecular complexity index is 644. The number of hydrogen-bond acceptors (Lipinski definition) is 3. The molecule has 0 unspecified atom stereocenters. The van der Waals surface area contributed by atoms with Gasteiger partial charge in [0.1, 0.15) is 5.75 Å². The summed E-state index contributed by atoms with van der Waals surface area (Å²) in [7, 11) is 0. The Morgan fingerprint density at radius 2 is 2.00 bits per heavy atom. The molecular formula is C18H21NO2S. The van der Waals surface area contributed by atoms with Crippen LogP contribution in [0.1, 0.15) is 35.4 Å². The quantitative estimate of drug-likeness (QED) is 0.878. The molecule has 0 radical (unpaired) electrons. The van der Waals surface area contributed by atoms with Crippen molar-refractivity contribution in [2.75, 3.05) is 5.32 Å². The number of aryl methyl sites for hydroxylation is 1. The first-order valence-corrected chi connectivity index (χ1v) is 8.63. The summed E-state index contributed by atoms with van der Waals surface area (Å²) in [5, 5.41) is 2.98. The molecule has 0 bridgehead atoms. The Kier molecular flexibility index (Phi) is 4.78. The molecule has 1 aromatic heterocycles. The summed E-state index contributed by atoms with van der Waals surface area (Å²) < 4.78 is 6.05. The van der Waals surface area contributed by atoms with E-state index in [2.05, 4.69) is 12.2 Å². The Balaban J connectivity index is 1.64. The summed E-state index contributed by atoms with van der Waals surface area (Å²) in [5.74, 6) is 0.787. The van der Waals surface area contributed by atoms with Gasteiger partial charge in [-0.1, -0.05) is 12.1 Å². The molecule has 1 saturated carbocycles. The molecule has 1 aliphatic rings. The van der Waals surface area contributed by atoms with E-state index in [0.29, 0.717) is 6.42 Å². The fourth-order valence-corrected chi connectivity index (χ4v) is 3.68. The molecule has 1 fully saturated rings. The van der Waals surface area contributed by atoms with Gasteiger partial charge in [-0.25, -0.2) is 0 Å². The van der Waals surface area contributed by atoms with E-state index in [1.165, 1.54) is 17.7 Å². The average Bonchev–Trinajstić information content (AvgIpc) is 3.13. The maximum atomic E-state index is 12.2. The summed E-state index contributed by atoms with van der Waals surface area (Å²) >= 11 is 1.66. The van der Waals surface area contributed by atoms with Crippen molar-refractivity contribution in [2.24, 2.45) is 0 Å². The maximum absolute atomic E-state index is 12.2. The van der Waals surface area contributed by atoms with Gasteiger partial charge in [-0.2, -0.15) is 0 Å². The van der Waals surface area contributed by atoms with Crippen LogP contribution in [-0.2, 0) is 11.2 Å². The van der Waals surface area contributed by atoms with Crippen molar-refractivity contribution in [2.45, 2.75) is 45.1 Å². The van der Waals surface area contributed by atoms with Crippen LogP contribution < -0.4 is 10.1 Å². The second-order valence-electron chi connectivity index (χ2n) is 5.76. The molecule has 3 nitrogen and oxygen atoms in total. The minimum Gasteiger partial charge on any atom is -0.488 e. The molecule has 116 valence electrons. The number of para-hydroxylation sites is 2. The van der Waals surface area contributed by atoms with Gasteiger partial charge >= 0.3 is 0 Å². The minimum absolute atomic E-state index is 0.00400. The predicted molar refractivity (Wildman–Crippen MR) is 90.7 cm³/mol. The second kappa shape index (κ2) is 6.97.